The average molecular weight is 789 g/mol. The Bertz CT molecular complexity index is 2200. The van der Waals surface area contributed by atoms with Crippen LogP contribution in [0.1, 0.15) is 22.3 Å². The molecule has 0 aliphatic carbocycles. The van der Waals surface area contributed by atoms with E-state index >= 15 is 0 Å². The summed E-state index contributed by atoms with van der Waals surface area (Å²) in [6.07, 6.45) is 8.70. The predicted octanol–water partition coefficient (Wildman–Crippen LogP) is 13.2. The zero-order valence-electron chi connectivity index (χ0n) is 36.2. The zero-order chi connectivity index (χ0) is 42.2. The summed E-state index contributed by atoms with van der Waals surface area (Å²) in [5, 5.41) is 0. The Balaban J connectivity index is 1.03. The van der Waals surface area contributed by atoms with Crippen molar-refractivity contribution in [3.63, 3.8) is 0 Å². The number of nitrogens with zero attached hydrogens (tertiary/aromatic N) is 6. The normalized spacial score (nSPS) is 11.2. The molecule has 302 valence electrons. The SMILES string of the molecule is CN(C)c1ccc(N(c2ccc(C=Cc3ccc(/C=C/c4ccc(N(c5ccc(N(C)C)cc5)c5ccc(N(C)C)cc5)cc4)cc3)cc2)c2ccc(N(C)C)cc2)cc1. The van der Waals surface area contributed by atoms with Gasteiger partial charge >= 0.3 is 0 Å². The van der Waals surface area contributed by atoms with Crippen LogP contribution in [0.25, 0.3) is 24.3 Å². The molecule has 0 radical (unpaired) electrons. The number of hydrogen-bond donors (Lipinski definition) is 0. The van der Waals surface area contributed by atoms with Crippen LogP contribution in [-0.2, 0) is 0 Å². The number of rotatable bonds is 14. The third-order valence-corrected chi connectivity index (χ3v) is 10.7. The summed E-state index contributed by atoms with van der Waals surface area (Å²) in [5.74, 6) is 0. The molecule has 0 spiro atoms. The molecule has 6 heteroatoms. The number of hydrogen-bond acceptors (Lipinski definition) is 6. The summed E-state index contributed by atoms with van der Waals surface area (Å²) >= 11 is 0. The van der Waals surface area contributed by atoms with Gasteiger partial charge in [-0.15, -0.1) is 0 Å². The molecule has 0 atom stereocenters. The second kappa shape index (κ2) is 18.6. The van der Waals surface area contributed by atoms with Gasteiger partial charge in [-0.05, 0) is 144 Å². The average Bonchev–Trinajstić information content (AvgIpc) is 3.27. The van der Waals surface area contributed by atoms with Crippen molar-refractivity contribution in [2.24, 2.45) is 0 Å². The van der Waals surface area contributed by atoms with Crippen LogP contribution in [0.2, 0.25) is 0 Å². The lowest BCUT2D eigenvalue weighted by Gasteiger charge is -2.27. The van der Waals surface area contributed by atoms with E-state index in [9.17, 15) is 0 Å². The summed E-state index contributed by atoms with van der Waals surface area (Å²) in [4.78, 5) is 13.1. The van der Waals surface area contributed by atoms with Gasteiger partial charge in [0, 0.05) is 113 Å². The van der Waals surface area contributed by atoms with Crippen LogP contribution in [0.5, 0.6) is 0 Å². The van der Waals surface area contributed by atoms with Crippen LogP contribution < -0.4 is 29.4 Å². The van der Waals surface area contributed by atoms with Crippen LogP contribution in [0.15, 0.2) is 170 Å². The van der Waals surface area contributed by atoms with E-state index in [0.717, 1.165) is 56.4 Å². The molecule has 0 unspecified atom stereocenters. The van der Waals surface area contributed by atoms with Crippen molar-refractivity contribution in [1.82, 2.24) is 0 Å². The van der Waals surface area contributed by atoms with Gasteiger partial charge in [0.05, 0.1) is 0 Å². The molecule has 7 aromatic rings. The summed E-state index contributed by atoms with van der Waals surface area (Å²) in [7, 11) is 16.5. The van der Waals surface area contributed by atoms with Crippen LogP contribution in [-0.4, -0.2) is 56.4 Å². The van der Waals surface area contributed by atoms with Crippen molar-refractivity contribution in [3.05, 3.63) is 192 Å². The first-order chi connectivity index (χ1) is 29.0. The Hall–Kier alpha value is -7.18. The summed E-state index contributed by atoms with van der Waals surface area (Å²) < 4.78 is 0. The third-order valence-electron chi connectivity index (χ3n) is 10.7. The van der Waals surface area contributed by atoms with Gasteiger partial charge in [0.15, 0.2) is 0 Å². The third kappa shape index (κ3) is 9.91. The van der Waals surface area contributed by atoms with Crippen molar-refractivity contribution >= 4 is 81.2 Å². The lowest BCUT2D eigenvalue weighted by Crippen LogP contribution is -2.12. The Kier molecular flexibility index (Phi) is 12.7. The maximum Gasteiger partial charge on any atom is 0.0463 e. The van der Waals surface area contributed by atoms with Crippen molar-refractivity contribution < 1.29 is 0 Å². The van der Waals surface area contributed by atoms with E-state index in [0.29, 0.717) is 0 Å². The Morgan fingerprint density at radius 2 is 0.333 bits per heavy atom. The Labute approximate surface area is 357 Å². The molecule has 0 N–H and O–H groups in total. The molecule has 0 saturated carbocycles. The van der Waals surface area contributed by atoms with Gasteiger partial charge in [0.1, 0.15) is 0 Å². The molecular weight excluding hydrogens is 733 g/mol. The topological polar surface area (TPSA) is 19.4 Å². The lowest BCUT2D eigenvalue weighted by atomic mass is 10.1. The molecule has 0 fully saturated rings. The van der Waals surface area contributed by atoms with Crippen molar-refractivity contribution in [3.8, 4) is 0 Å². The van der Waals surface area contributed by atoms with E-state index in [-0.39, 0.29) is 0 Å². The summed E-state index contributed by atoms with van der Waals surface area (Å²) in [6, 6.07) is 61.0. The maximum absolute atomic E-state index is 2.30. The van der Waals surface area contributed by atoms with Crippen LogP contribution in [0.4, 0.5) is 56.9 Å². The zero-order valence-corrected chi connectivity index (χ0v) is 36.2. The largest absolute Gasteiger partial charge is 0.378 e. The van der Waals surface area contributed by atoms with Gasteiger partial charge in [-0.2, -0.15) is 0 Å². The minimum Gasteiger partial charge on any atom is -0.378 e. The second-order valence-corrected chi connectivity index (χ2v) is 15.8. The number of anilines is 10. The minimum atomic E-state index is 1.11. The lowest BCUT2D eigenvalue weighted by molar-refractivity contribution is 1.13. The summed E-state index contributed by atoms with van der Waals surface area (Å²) in [6.45, 7) is 0. The molecule has 0 bridgehead atoms. The smallest absolute Gasteiger partial charge is 0.0463 e. The number of benzene rings is 7. The van der Waals surface area contributed by atoms with Crippen LogP contribution in [0.3, 0.4) is 0 Å². The highest BCUT2D eigenvalue weighted by Crippen LogP contribution is 2.38. The monoisotopic (exact) mass is 788 g/mol. The minimum absolute atomic E-state index is 1.11. The fourth-order valence-corrected chi connectivity index (χ4v) is 7.07. The first-order valence-corrected chi connectivity index (χ1v) is 20.4. The van der Waals surface area contributed by atoms with E-state index in [1.807, 2.05) is 0 Å². The quantitative estimate of drug-likeness (QED) is 0.102. The van der Waals surface area contributed by atoms with E-state index in [2.05, 4.69) is 280 Å². The highest BCUT2D eigenvalue weighted by Gasteiger charge is 2.15. The Morgan fingerprint density at radius 1 is 0.200 bits per heavy atom. The van der Waals surface area contributed by atoms with E-state index in [1.54, 1.807) is 0 Å². The molecule has 60 heavy (non-hydrogen) atoms. The van der Waals surface area contributed by atoms with E-state index < -0.39 is 0 Å². The first-order valence-electron chi connectivity index (χ1n) is 20.4. The molecule has 0 amide bonds. The highest BCUT2D eigenvalue weighted by atomic mass is 15.2. The fraction of sp³-hybridized carbons (Fsp3) is 0.148. The van der Waals surface area contributed by atoms with Gasteiger partial charge in [0.2, 0.25) is 0 Å². The Morgan fingerprint density at radius 3 is 0.500 bits per heavy atom. The van der Waals surface area contributed by atoms with E-state index in [1.165, 1.54) is 22.7 Å². The van der Waals surface area contributed by atoms with E-state index in [4.69, 9.17) is 0 Å². The molecule has 0 aliphatic rings. The molecule has 0 heterocycles. The standard InChI is InChI=1S/C54H56N6/c1-55(2)45-25-33-51(34-26-45)59(52-35-27-46(28-36-52)56(3)4)49-21-17-43(18-22-49)15-13-41-9-11-42(12-10-41)14-16-44-19-23-50(24-20-44)60(53-37-29-47(30-38-53)57(5)6)54-39-31-48(32-40-54)58(7)8/h9-40H,1-8H3/b15-13+,16-14?. The predicted molar refractivity (Wildman–Crippen MR) is 264 cm³/mol. The molecule has 0 saturated heterocycles. The van der Waals surface area contributed by atoms with Gasteiger partial charge < -0.3 is 29.4 Å². The molecule has 0 aromatic heterocycles. The highest BCUT2D eigenvalue weighted by molar-refractivity contribution is 5.81. The van der Waals surface area contributed by atoms with Crippen molar-refractivity contribution in [2.75, 3.05) is 85.8 Å². The van der Waals surface area contributed by atoms with Crippen molar-refractivity contribution in [2.45, 2.75) is 0 Å². The van der Waals surface area contributed by atoms with Crippen molar-refractivity contribution in [1.29, 1.82) is 0 Å². The molecule has 7 rings (SSSR count). The van der Waals surface area contributed by atoms with Gasteiger partial charge in [0.25, 0.3) is 0 Å². The molecular formula is C54H56N6. The molecule has 6 nitrogen and oxygen atoms in total. The maximum atomic E-state index is 2.30. The second-order valence-electron chi connectivity index (χ2n) is 15.8. The molecule has 7 aromatic carbocycles. The molecule has 0 aliphatic heterocycles. The summed E-state index contributed by atoms with van der Waals surface area (Å²) in [5.41, 5.74) is 16.0. The van der Waals surface area contributed by atoms with Crippen LogP contribution >= 0.6 is 0 Å². The first kappa shape index (κ1) is 41.0. The van der Waals surface area contributed by atoms with Gasteiger partial charge in [-0.25, -0.2) is 0 Å². The van der Waals surface area contributed by atoms with Gasteiger partial charge in [-0.3, -0.25) is 0 Å². The fourth-order valence-electron chi connectivity index (χ4n) is 7.07. The van der Waals surface area contributed by atoms with Crippen LogP contribution in [0, 0.1) is 0 Å². The van der Waals surface area contributed by atoms with Gasteiger partial charge in [-0.1, -0.05) is 72.8 Å².